The Morgan fingerprint density at radius 1 is 1.28 bits per heavy atom. The van der Waals surface area contributed by atoms with Gasteiger partial charge in [-0.25, -0.2) is 4.68 Å². The van der Waals surface area contributed by atoms with E-state index < -0.39 is 0 Å². The average Bonchev–Trinajstić information content (AvgIpc) is 2.86. The molecule has 2 fully saturated rings. The van der Waals surface area contributed by atoms with Crippen molar-refractivity contribution >= 4 is 0 Å². The molecule has 2 saturated heterocycles. The van der Waals surface area contributed by atoms with Crippen LogP contribution in [0, 0.1) is 0 Å². The highest BCUT2D eigenvalue weighted by Crippen LogP contribution is 2.35. The third-order valence-corrected chi connectivity index (χ3v) is 4.29. The predicted octanol–water partition coefficient (Wildman–Crippen LogP) is 0.537. The highest BCUT2D eigenvalue weighted by atomic mass is 15.5. The van der Waals surface area contributed by atoms with Crippen molar-refractivity contribution < 1.29 is 0 Å². The molecule has 3 rings (SSSR count). The fourth-order valence-electron chi connectivity index (χ4n) is 3.46. The van der Waals surface area contributed by atoms with E-state index in [0.29, 0.717) is 18.1 Å². The van der Waals surface area contributed by atoms with Crippen LogP contribution in [0.2, 0.25) is 0 Å². The van der Waals surface area contributed by atoms with Gasteiger partial charge in [-0.3, -0.25) is 4.90 Å². The van der Waals surface area contributed by atoms with Gasteiger partial charge in [-0.1, -0.05) is 6.92 Å². The highest BCUT2D eigenvalue weighted by molar-refractivity contribution is 4.98. The summed E-state index contributed by atoms with van der Waals surface area (Å²) in [6.45, 7) is 3.94. The SMILES string of the molecule is CCCn1nnnc1CN1C2CCC1CC(N)C2. The first-order chi connectivity index (χ1) is 8.78. The molecule has 3 heterocycles. The van der Waals surface area contributed by atoms with Gasteiger partial charge in [0, 0.05) is 24.7 Å². The highest BCUT2D eigenvalue weighted by Gasteiger charge is 2.39. The van der Waals surface area contributed by atoms with E-state index in [0.717, 1.165) is 38.2 Å². The second-order valence-corrected chi connectivity index (χ2v) is 5.61. The number of tetrazole rings is 1. The number of aromatic nitrogens is 4. The van der Waals surface area contributed by atoms with Crippen LogP contribution in [-0.4, -0.2) is 43.2 Å². The summed E-state index contributed by atoms with van der Waals surface area (Å²) >= 11 is 0. The number of rotatable bonds is 4. The number of piperidine rings is 1. The zero-order valence-electron chi connectivity index (χ0n) is 11.0. The lowest BCUT2D eigenvalue weighted by Crippen LogP contribution is -2.47. The second-order valence-electron chi connectivity index (χ2n) is 5.61. The summed E-state index contributed by atoms with van der Waals surface area (Å²) in [5.74, 6) is 1.00. The maximum atomic E-state index is 6.10. The number of hydrogen-bond acceptors (Lipinski definition) is 5. The second kappa shape index (κ2) is 4.93. The Hall–Kier alpha value is -1.01. The number of aryl methyl sites for hydroxylation is 1. The lowest BCUT2D eigenvalue weighted by molar-refractivity contribution is 0.114. The van der Waals surface area contributed by atoms with E-state index in [1.165, 1.54) is 12.8 Å². The first-order valence-corrected chi connectivity index (χ1v) is 7.04. The maximum Gasteiger partial charge on any atom is 0.165 e. The van der Waals surface area contributed by atoms with Crippen molar-refractivity contribution in [3.05, 3.63) is 5.82 Å². The smallest absolute Gasteiger partial charge is 0.165 e. The zero-order chi connectivity index (χ0) is 12.5. The van der Waals surface area contributed by atoms with Crippen molar-refractivity contribution in [2.75, 3.05) is 0 Å². The summed E-state index contributed by atoms with van der Waals surface area (Å²) in [5.41, 5.74) is 6.10. The van der Waals surface area contributed by atoms with E-state index in [1.807, 2.05) is 4.68 Å². The molecule has 2 atom stereocenters. The van der Waals surface area contributed by atoms with E-state index in [-0.39, 0.29) is 0 Å². The first-order valence-electron chi connectivity index (χ1n) is 7.04. The molecular formula is C12H22N6. The largest absolute Gasteiger partial charge is 0.328 e. The lowest BCUT2D eigenvalue weighted by atomic mass is 9.98. The summed E-state index contributed by atoms with van der Waals surface area (Å²) in [4.78, 5) is 2.57. The van der Waals surface area contributed by atoms with Crippen molar-refractivity contribution in [2.45, 2.75) is 70.2 Å². The molecule has 1 aromatic rings. The quantitative estimate of drug-likeness (QED) is 0.844. The van der Waals surface area contributed by atoms with Crippen LogP contribution in [0.15, 0.2) is 0 Å². The van der Waals surface area contributed by atoms with Crippen LogP contribution < -0.4 is 5.73 Å². The summed E-state index contributed by atoms with van der Waals surface area (Å²) < 4.78 is 1.94. The minimum absolute atomic E-state index is 0.394. The fraction of sp³-hybridized carbons (Fsp3) is 0.917. The summed E-state index contributed by atoms with van der Waals surface area (Å²) in [6, 6.07) is 1.68. The van der Waals surface area contributed by atoms with Crippen molar-refractivity contribution in [2.24, 2.45) is 5.73 Å². The maximum absolute atomic E-state index is 6.10. The van der Waals surface area contributed by atoms with Gasteiger partial charge in [0.15, 0.2) is 5.82 Å². The summed E-state index contributed by atoms with van der Waals surface area (Å²) in [6.07, 6.45) is 5.90. The lowest BCUT2D eigenvalue weighted by Gasteiger charge is -2.37. The number of hydrogen-bond donors (Lipinski definition) is 1. The molecule has 18 heavy (non-hydrogen) atoms. The molecule has 0 amide bonds. The molecule has 100 valence electrons. The molecule has 0 aliphatic carbocycles. The standard InChI is InChI=1S/C12H22N6/c1-2-5-18-12(14-15-16-18)8-17-10-3-4-11(17)7-9(13)6-10/h9-11H,2-8,13H2,1H3. The molecule has 0 radical (unpaired) electrons. The van der Waals surface area contributed by atoms with Gasteiger partial charge in [0.1, 0.15) is 0 Å². The van der Waals surface area contributed by atoms with E-state index in [9.17, 15) is 0 Å². The zero-order valence-corrected chi connectivity index (χ0v) is 11.0. The molecule has 2 aliphatic rings. The van der Waals surface area contributed by atoms with Crippen LogP contribution in [0.25, 0.3) is 0 Å². The minimum Gasteiger partial charge on any atom is -0.328 e. The van der Waals surface area contributed by atoms with Gasteiger partial charge in [-0.2, -0.15) is 0 Å². The van der Waals surface area contributed by atoms with Crippen LogP contribution >= 0.6 is 0 Å². The molecule has 1 aromatic heterocycles. The van der Waals surface area contributed by atoms with Gasteiger partial charge < -0.3 is 5.73 Å². The molecule has 6 heteroatoms. The molecule has 2 N–H and O–H groups in total. The Kier molecular flexibility index (Phi) is 3.30. The Morgan fingerprint density at radius 2 is 2.00 bits per heavy atom. The van der Waals surface area contributed by atoms with Gasteiger partial charge >= 0.3 is 0 Å². The van der Waals surface area contributed by atoms with Gasteiger partial charge in [0.2, 0.25) is 0 Å². The molecule has 2 bridgehead atoms. The first kappa shape index (κ1) is 12.0. The van der Waals surface area contributed by atoms with E-state index in [4.69, 9.17) is 5.73 Å². The van der Waals surface area contributed by atoms with Gasteiger partial charge in [-0.05, 0) is 42.5 Å². The van der Waals surface area contributed by atoms with Gasteiger partial charge in [0.25, 0.3) is 0 Å². The molecular weight excluding hydrogens is 228 g/mol. The van der Waals surface area contributed by atoms with Crippen molar-refractivity contribution in [3.63, 3.8) is 0 Å². The van der Waals surface area contributed by atoms with Crippen LogP contribution in [0.3, 0.4) is 0 Å². The Bertz CT molecular complexity index is 389. The summed E-state index contributed by atoms with van der Waals surface area (Å²) in [7, 11) is 0. The number of fused-ring (bicyclic) bond motifs is 2. The van der Waals surface area contributed by atoms with Crippen LogP contribution in [0.5, 0.6) is 0 Å². The minimum atomic E-state index is 0.394. The van der Waals surface area contributed by atoms with E-state index in [1.54, 1.807) is 0 Å². The average molecular weight is 250 g/mol. The third kappa shape index (κ3) is 2.14. The van der Waals surface area contributed by atoms with Crippen molar-refractivity contribution in [3.8, 4) is 0 Å². The molecule has 0 spiro atoms. The number of nitrogens with two attached hydrogens (primary N) is 1. The van der Waals surface area contributed by atoms with E-state index in [2.05, 4.69) is 27.3 Å². The van der Waals surface area contributed by atoms with Crippen LogP contribution in [0.1, 0.15) is 44.9 Å². The molecule has 0 aromatic carbocycles. The molecule has 0 saturated carbocycles. The third-order valence-electron chi connectivity index (χ3n) is 4.29. The molecule has 2 aliphatic heterocycles. The Labute approximate surface area is 108 Å². The van der Waals surface area contributed by atoms with Crippen LogP contribution in [0.4, 0.5) is 0 Å². The van der Waals surface area contributed by atoms with Crippen molar-refractivity contribution in [1.29, 1.82) is 0 Å². The topological polar surface area (TPSA) is 72.9 Å². The van der Waals surface area contributed by atoms with Crippen LogP contribution in [-0.2, 0) is 13.1 Å². The van der Waals surface area contributed by atoms with Gasteiger partial charge in [0.05, 0.1) is 6.54 Å². The Balaban J connectivity index is 1.71. The van der Waals surface area contributed by atoms with Gasteiger partial charge in [-0.15, -0.1) is 5.10 Å². The summed E-state index contributed by atoms with van der Waals surface area (Å²) in [5, 5.41) is 12.0. The van der Waals surface area contributed by atoms with E-state index >= 15 is 0 Å². The monoisotopic (exact) mass is 250 g/mol. The number of nitrogens with zero attached hydrogens (tertiary/aromatic N) is 5. The van der Waals surface area contributed by atoms with Crippen molar-refractivity contribution in [1.82, 2.24) is 25.1 Å². The Morgan fingerprint density at radius 3 is 2.67 bits per heavy atom. The normalized spacial score (nSPS) is 32.0. The molecule has 2 unspecified atom stereocenters. The predicted molar refractivity (Wildman–Crippen MR) is 67.7 cm³/mol. The molecule has 6 nitrogen and oxygen atoms in total. The fourth-order valence-corrected chi connectivity index (χ4v) is 3.46.